The summed E-state index contributed by atoms with van der Waals surface area (Å²) in [4.78, 5) is 41.8. The Morgan fingerprint density at radius 3 is 2.36 bits per heavy atom. The Morgan fingerprint density at radius 2 is 1.74 bits per heavy atom. The van der Waals surface area contributed by atoms with Crippen molar-refractivity contribution in [3.63, 3.8) is 0 Å². The van der Waals surface area contributed by atoms with Gasteiger partial charge in [0.2, 0.25) is 11.8 Å². The van der Waals surface area contributed by atoms with Gasteiger partial charge < -0.3 is 20.3 Å². The largest absolute Gasteiger partial charge is 0.496 e. The Morgan fingerprint density at radius 1 is 1.07 bits per heavy atom. The van der Waals surface area contributed by atoms with E-state index in [4.69, 9.17) is 4.74 Å². The molecule has 3 unspecified atom stereocenters. The van der Waals surface area contributed by atoms with E-state index in [1.54, 1.807) is 31.1 Å². The second-order valence-electron chi connectivity index (χ2n) is 12.5. The second-order valence-corrected chi connectivity index (χ2v) is 12.5. The lowest BCUT2D eigenvalue weighted by Gasteiger charge is -2.31. The van der Waals surface area contributed by atoms with Crippen LogP contribution in [0.1, 0.15) is 73.5 Å². The third-order valence-corrected chi connectivity index (χ3v) is 9.01. The molecule has 4 rings (SSSR count). The number of carbonyl (C=O) groups excluding carboxylic acids is 3. The molecule has 42 heavy (non-hydrogen) atoms. The highest BCUT2D eigenvalue weighted by molar-refractivity contribution is 5.98. The third kappa shape index (κ3) is 7.42. The van der Waals surface area contributed by atoms with Crippen molar-refractivity contribution < 1.29 is 19.1 Å². The van der Waals surface area contributed by atoms with Gasteiger partial charge in [-0.3, -0.25) is 14.4 Å². The molecule has 1 saturated heterocycles. The molecular weight excluding hydrogens is 526 g/mol. The van der Waals surface area contributed by atoms with Crippen molar-refractivity contribution >= 4 is 17.7 Å². The fourth-order valence-electron chi connectivity index (χ4n) is 6.68. The molecule has 7 nitrogen and oxygen atoms in total. The molecule has 2 aromatic rings. The van der Waals surface area contributed by atoms with Crippen LogP contribution in [-0.4, -0.2) is 54.4 Å². The van der Waals surface area contributed by atoms with Crippen LogP contribution in [0.25, 0.3) is 0 Å². The van der Waals surface area contributed by atoms with E-state index < -0.39 is 12.1 Å². The molecule has 0 radical (unpaired) electrons. The van der Waals surface area contributed by atoms with Gasteiger partial charge >= 0.3 is 0 Å². The van der Waals surface area contributed by atoms with Gasteiger partial charge in [0.25, 0.3) is 5.91 Å². The van der Waals surface area contributed by atoms with E-state index in [2.05, 4.69) is 48.4 Å². The lowest BCUT2D eigenvalue weighted by molar-refractivity contribution is -0.140. The van der Waals surface area contributed by atoms with Crippen molar-refractivity contribution in [2.75, 3.05) is 13.7 Å². The second kappa shape index (κ2) is 13.6. The molecule has 0 spiro atoms. The fourth-order valence-corrected chi connectivity index (χ4v) is 6.68. The number of rotatable bonds is 12. The van der Waals surface area contributed by atoms with Gasteiger partial charge in [-0.05, 0) is 106 Å². The molecule has 2 N–H and O–H groups in total. The zero-order valence-corrected chi connectivity index (χ0v) is 26.0. The molecule has 1 heterocycles. The van der Waals surface area contributed by atoms with Gasteiger partial charge in [-0.1, -0.05) is 42.8 Å². The lowest BCUT2D eigenvalue weighted by atomic mass is 9.89. The van der Waals surface area contributed by atoms with E-state index >= 15 is 0 Å². The van der Waals surface area contributed by atoms with E-state index in [-0.39, 0.29) is 23.8 Å². The normalized spacial score (nSPS) is 21.7. The number of amides is 3. The summed E-state index contributed by atoms with van der Waals surface area (Å²) in [7, 11) is 1.61. The zero-order chi connectivity index (χ0) is 30.6. The highest BCUT2D eigenvalue weighted by Gasteiger charge is 2.44. The number of likely N-dealkylation sites (tertiary alicyclic amines) is 1. The first-order valence-corrected chi connectivity index (χ1v) is 15.2. The summed E-state index contributed by atoms with van der Waals surface area (Å²) in [5.74, 6) is 1.55. The predicted octanol–water partition coefficient (Wildman–Crippen LogP) is 5.39. The first-order valence-electron chi connectivity index (χ1n) is 15.2. The summed E-state index contributed by atoms with van der Waals surface area (Å²) in [6.45, 7) is 14.3. The van der Waals surface area contributed by atoms with Crippen LogP contribution in [0.4, 0.5) is 0 Å². The number of carbonyl (C=O) groups is 3. The third-order valence-electron chi connectivity index (χ3n) is 9.01. The molecule has 226 valence electrons. The summed E-state index contributed by atoms with van der Waals surface area (Å²) in [6, 6.07) is 12.8. The predicted molar refractivity (Wildman–Crippen MR) is 166 cm³/mol. The lowest BCUT2D eigenvalue weighted by Crippen LogP contribution is -2.54. The van der Waals surface area contributed by atoms with E-state index in [1.165, 1.54) is 5.56 Å². The first-order chi connectivity index (χ1) is 20.0. The Hall–Kier alpha value is -3.61. The number of methoxy groups -OCH3 is 1. The summed E-state index contributed by atoms with van der Waals surface area (Å²) in [6.07, 6.45) is 4.31. The Bertz CT molecular complexity index is 1280. The fraction of sp³-hybridized carbons (Fsp3) is 0.514. The van der Waals surface area contributed by atoms with Crippen molar-refractivity contribution in [3.8, 4) is 5.75 Å². The number of hydrogen-bond donors (Lipinski definition) is 2. The highest BCUT2D eigenvalue weighted by Crippen LogP contribution is 2.48. The number of nitrogens with zero attached hydrogens (tertiary/aromatic N) is 1. The molecule has 7 heteroatoms. The number of aryl methyl sites for hydroxylation is 2. The van der Waals surface area contributed by atoms with Gasteiger partial charge in [-0.15, -0.1) is 6.58 Å². The quantitative estimate of drug-likeness (QED) is 0.334. The van der Waals surface area contributed by atoms with Gasteiger partial charge in [0, 0.05) is 18.2 Å². The molecule has 0 aromatic heterocycles. The minimum Gasteiger partial charge on any atom is -0.496 e. The Kier molecular flexibility index (Phi) is 10.1. The van der Waals surface area contributed by atoms with Crippen LogP contribution in [0.5, 0.6) is 5.75 Å². The zero-order valence-electron chi connectivity index (χ0n) is 26.0. The molecule has 2 aromatic carbocycles. The van der Waals surface area contributed by atoms with Gasteiger partial charge in [-0.25, -0.2) is 0 Å². The van der Waals surface area contributed by atoms with Gasteiger partial charge in [-0.2, -0.15) is 0 Å². The van der Waals surface area contributed by atoms with Gasteiger partial charge in [0.05, 0.1) is 7.11 Å². The first kappa shape index (κ1) is 31.3. The molecular formula is C35H47N3O4. The molecule has 1 aliphatic heterocycles. The maximum Gasteiger partial charge on any atom is 0.251 e. The van der Waals surface area contributed by atoms with Crippen molar-refractivity contribution in [3.05, 3.63) is 76.9 Å². The number of nitrogens with one attached hydrogen (secondary N) is 2. The Labute approximate surface area is 251 Å². The molecule has 3 amide bonds. The van der Waals surface area contributed by atoms with E-state index in [0.717, 1.165) is 48.1 Å². The SMILES string of the molecule is C=C(C)C[C@H](NC(=O)[C@@H]1CCCN1C(=O)C(C)NC(=O)c1cc(C)c(OC)c(C)c1)[C@@H](C)C1CC1Cc1ccccc1. The van der Waals surface area contributed by atoms with Crippen molar-refractivity contribution in [2.45, 2.75) is 84.8 Å². The molecule has 6 atom stereocenters. The van der Waals surface area contributed by atoms with Crippen molar-refractivity contribution in [2.24, 2.45) is 17.8 Å². The molecule has 2 fully saturated rings. The summed E-state index contributed by atoms with van der Waals surface area (Å²) in [5, 5.41) is 6.16. The number of hydrogen-bond acceptors (Lipinski definition) is 4. The summed E-state index contributed by atoms with van der Waals surface area (Å²) >= 11 is 0. The average Bonchev–Trinajstić information content (AvgIpc) is 3.52. The number of ether oxygens (including phenoxy) is 1. The minimum atomic E-state index is -0.760. The molecule has 0 bridgehead atoms. The van der Waals surface area contributed by atoms with Crippen LogP contribution in [-0.2, 0) is 16.0 Å². The van der Waals surface area contributed by atoms with E-state index in [0.29, 0.717) is 36.3 Å². The van der Waals surface area contributed by atoms with E-state index in [1.807, 2.05) is 26.8 Å². The van der Waals surface area contributed by atoms with Crippen LogP contribution in [0.15, 0.2) is 54.6 Å². The highest BCUT2D eigenvalue weighted by atomic mass is 16.5. The standard InChI is InChI=1S/C35H47N3O4/c1-21(2)16-30(24(5)29-20-27(29)19-26-12-9-8-10-13-26)37-34(40)31-14-11-15-38(31)35(41)25(6)36-33(39)28-17-22(3)32(42-7)23(4)18-28/h8-10,12-13,17-18,24-25,27,29-31H,1,11,14-16,19-20H2,2-7H3,(H,36,39)(H,37,40)/t24-,25?,27?,29?,30-,31-/m0/s1. The number of benzene rings is 2. The maximum absolute atomic E-state index is 13.6. The smallest absolute Gasteiger partial charge is 0.251 e. The van der Waals surface area contributed by atoms with E-state index in [9.17, 15) is 14.4 Å². The van der Waals surface area contributed by atoms with Gasteiger partial charge in [0.15, 0.2) is 0 Å². The van der Waals surface area contributed by atoms with Crippen LogP contribution >= 0.6 is 0 Å². The molecule has 1 saturated carbocycles. The average molecular weight is 574 g/mol. The van der Waals surface area contributed by atoms with Crippen LogP contribution in [0.3, 0.4) is 0 Å². The van der Waals surface area contributed by atoms with Crippen molar-refractivity contribution in [1.29, 1.82) is 0 Å². The van der Waals surface area contributed by atoms with Crippen molar-refractivity contribution in [1.82, 2.24) is 15.5 Å². The summed E-state index contributed by atoms with van der Waals surface area (Å²) < 4.78 is 5.41. The van der Waals surface area contributed by atoms with Crippen LogP contribution < -0.4 is 15.4 Å². The maximum atomic E-state index is 13.6. The minimum absolute atomic E-state index is 0.0306. The van der Waals surface area contributed by atoms with Crippen LogP contribution in [0, 0.1) is 31.6 Å². The van der Waals surface area contributed by atoms with Gasteiger partial charge in [0.1, 0.15) is 17.8 Å². The monoisotopic (exact) mass is 573 g/mol. The topological polar surface area (TPSA) is 87.7 Å². The molecule has 2 aliphatic rings. The van der Waals surface area contributed by atoms with Crippen LogP contribution in [0.2, 0.25) is 0 Å². The summed E-state index contributed by atoms with van der Waals surface area (Å²) in [5.41, 5.74) is 4.58. The molecule has 1 aliphatic carbocycles. The Balaban J connectivity index is 1.37.